The van der Waals surface area contributed by atoms with Crippen LogP contribution in [0, 0.1) is 0 Å². The molecule has 140 valence electrons. The van der Waals surface area contributed by atoms with Gasteiger partial charge in [-0.25, -0.2) is 15.0 Å². The minimum atomic E-state index is 0.822. The molecule has 0 spiro atoms. The maximum Gasteiger partial charge on any atom is 0.225 e. The van der Waals surface area contributed by atoms with Gasteiger partial charge in [-0.15, -0.1) is 0 Å². The molecule has 3 heterocycles. The fraction of sp³-hybridized carbons (Fsp3) is 0.227. The SMILES string of the molecule is c1cnc(N2CCN(Cc3cnc(-c4ccc5ccccc5c4)[nH]3)CC2)nc1. The predicted molar refractivity (Wildman–Crippen MR) is 111 cm³/mol. The molecule has 0 bridgehead atoms. The number of aromatic amines is 1. The van der Waals surface area contributed by atoms with Crippen LogP contribution in [-0.4, -0.2) is 51.0 Å². The largest absolute Gasteiger partial charge is 0.341 e. The number of rotatable bonds is 4. The van der Waals surface area contributed by atoms with E-state index in [4.69, 9.17) is 0 Å². The molecular weight excluding hydrogens is 348 g/mol. The Hall–Kier alpha value is -3.25. The van der Waals surface area contributed by atoms with Crippen LogP contribution in [0.3, 0.4) is 0 Å². The molecule has 6 heteroatoms. The molecule has 1 saturated heterocycles. The fourth-order valence-electron chi connectivity index (χ4n) is 3.72. The molecule has 1 N–H and O–H groups in total. The Morgan fingerprint density at radius 2 is 1.61 bits per heavy atom. The first-order valence-corrected chi connectivity index (χ1v) is 9.62. The Labute approximate surface area is 163 Å². The Kier molecular flexibility index (Phi) is 4.47. The third kappa shape index (κ3) is 3.46. The van der Waals surface area contributed by atoms with E-state index in [0.717, 1.165) is 55.8 Å². The number of benzene rings is 2. The minimum Gasteiger partial charge on any atom is -0.341 e. The third-order valence-electron chi connectivity index (χ3n) is 5.25. The smallest absolute Gasteiger partial charge is 0.225 e. The van der Waals surface area contributed by atoms with Crippen molar-refractivity contribution in [2.24, 2.45) is 0 Å². The molecule has 0 saturated carbocycles. The van der Waals surface area contributed by atoms with Gasteiger partial charge in [0.25, 0.3) is 0 Å². The highest BCUT2D eigenvalue weighted by atomic mass is 15.3. The summed E-state index contributed by atoms with van der Waals surface area (Å²) in [6.45, 7) is 4.74. The van der Waals surface area contributed by atoms with Crippen LogP contribution in [0.1, 0.15) is 5.69 Å². The maximum absolute atomic E-state index is 4.61. The lowest BCUT2D eigenvalue weighted by Crippen LogP contribution is -2.46. The first kappa shape index (κ1) is 16.9. The van der Waals surface area contributed by atoms with Gasteiger partial charge in [0.15, 0.2) is 0 Å². The molecule has 1 aliphatic heterocycles. The first-order valence-electron chi connectivity index (χ1n) is 9.62. The average molecular weight is 370 g/mol. The van der Waals surface area contributed by atoms with Crippen molar-refractivity contribution in [3.63, 3.8) is 0 Å². The Bertz CT molecular complexity index is 1070. The molecular formula is C22H22N6. The number of nitrogens with zero attached hydrogens (tertiary/aromatic N) is 5. The summed E-state index contributed by atoms with van der Waals surface area (Å²) in [7, 11) is 0. The standard InChI is InChI=1S/C22H22N6/c1-2-5-18-14-19(7-6-17(18)4-1)21-25-15-20(26-21)16-27-10-12-28(13-11-27)22-23-8-3-9-24-22/h1-9,14-15H,10-13,16H2,(H,25,26). The Balaban J connectivity index is 1.24. The zero-order chi connectivity index (χ0) is 18.8. The number of H-pyrrole nitrogens is 1. The van der Waals surface area contributed by atoms with Crippen LogP contribution >= 0.6 is 0 Å². The highest BCUT2D eigenvalue weighted by Gasteiger charge is 2.19. The lowest BCUT2D eigenvalue weighted by atomic mass is 10.1. The first-order chi connectivity index (χ1) is 13.8. The van der Waals surface area contributed by atoms with Gasteiger partial charge in [0.05, 0.1) is 0 Å². The molecule has 5 rings (SSSR count). The number of hydrogen-bond donors (Lipinski definition) is 1. The van der Waals surface area contributed by atoms with Crippen LogP contribution in [0.4, 0.5) is 5.95 Å². The summed E-state index contributed by atoms with van der Waals surface area (Å²) >= 11 is 0. The van der Waals surface area contributed by atoms with Crippen molar-refractivity contribution in [3.8, 4) is 11.4 Å². The van der Waals surface area contributed by atoms with Crippen molar-refractivity contribution >= 4 is 16.7 Å². The average Bonchev–Trinajstić information content (AvgIpc) is 3.23. The summed E-state index contributed by atoms with van der Waals surface area (Å²) in [5.41, 5.74) is 2.27. The predicted octanol–water partition coefficient (Wildman–Crippen LogP) is 3.34. The van der Waals surface area contributed by atoms with Crippen LogP contribution in [-0.2, 0) is 6.54 Å². The van der Waals surface area contributed by atoms with E-state index in [-0.39, 0.29) is 0 Å². The van der Waals surface area contributed by atoms with Crippen molar-refractivity contribution in [1.82, 2.24) is 24.8 Å². The normalized spacial score (nSPS) is 15.2. The summed E-state index contributed by atoms with van der Waals surface area (Å²) in [5, 5.41) is 2.48. The van der Waals surface area contributed by atoms with Crippen LogP contribution in [0.25, 0.3) is 22.2 Å². The van der Waals surface area contributed by atoms with Crippen LogP contribution in [0.2, 0.25) is 0 Å². The van der Waals surface area contributed by atoms with Crippen molar-refractivity contribution in [2.75, 3.05) is 31.1 Å². The molecule has 28 heavy (non-hydrogen) atoms. The molecule has 1 fully saturated rings. The Morgan fingerprint density at radius 1 is 0.821 bits per heavy atom. The monoisotopic (exact) mass is 370 g/mol. The number of hydrogen-bond acceptors (Lipinski definition) is 5. The molecule has 0 amide bonds. The van der Waals surface area contributed by atoms with Crippen molar-refractivity contribution in [2.45, 2.75) is 6.54 Å². The molecule has 2 aromatic carbocycles. The van der Waals surface area contributed by atoms with Gasteiger partial charge >= 0.3 is 0 Å². The number of anilines is 1. The summed E-state index contributed by atoms with van der Waals surface area (Å²) in [6.07, 6.45) is 5.55. The molecule has 1 aliphatic rings. The fourth-order valence-corrected chi connectivity index (χ4v) is 3.72. The lowest BCUT2D eigenvalue weighted by Gasteiger charge is -2.34. The molecule has 0 unspecified atom stereocenters. The van der Waals surface area contributed by atoms with E-state index in [1.54, 1.807) is 12.4 Å². The second-order valence-electron chi connectivity index (χ2n) is 7.13. The maximum atomic E-state index is 4.61. The summed E-state index contributed by atoms with van der Waals surface area (Å²) in [5.74, 6) is 1.75. The summed E-state index contributed by atoms with van der Waals surface area (Å²) in [6, 6.07) is 16.7. The van der Waals surface area contributed by atoms with Gasteiger partial charge in [-0.05, 0) is 22.9 Å². The second-order valence-corrected chi connectivity index (χ2v) is 7.13. The van der Waals surface area contributed by atoms with E-state index < -0.39 is 0 Å². The number of nitrogens with one attached hydrogen (secondary N) is 1. The van der Waals surface area contributed by atoms with Crippen LogP contribution < -0.4 is 4.90 Å². The molecule has 0 radical (unpaired) electrons. The van der Waals surface area contributed by atoms with E-state index in [0.29, 0.717) is 0 Å². The molecule has 6 nitrogen and oxygen atoms in total. The van der Waals surface area contributed by atoms with Crippen LogP contribution in [0.15, 0.2) is 67.1 Å². The number of imidazole rings is 1. The second kappa shape index (κ2) is 7.40. The van der Waals surface area contributed by atoms with Gasteiger partial charge in [-0.1, -0.05) is 36.4 Å². The van der Waals surface area contributed by atoms with Crippen LogP contribution in [0.5, 0.6) is 0 Å². The van der Waals surface area contributed by atoms with E-state index in [1.807, 2.05) is 12.3 Å². The van der Waals surface area contributed by atoms with Gasteiger partial charge in [0.2, 0.25) is 5.95 Å². The molecule has 0 aliphatic carbocycles. The van der Waals surface area contributed by atoms with Gasteiger partial charge in [-0.2, -0.15) is 0 Å². The Morgan fingerprint density at radius 3 is 2.43 bits per heavy atom. The summed E-state index contributed by atoms with van der Waals surface area (Å²) < 4.78 is 0. The zero-order valence-corrected chi connectivity index (χ0v) is 15.6. The molecule has 0 atom stereocenters. The summed E-state index contributed by atoms with van der Waals surface area (Å²) in [4.78, 5) is 21.5. The highest BCUT2D eigenvalue weighted by Crippen LogP contribution is 2.22. The molecule has 4 aromatic rings. The minimum absolute atomic E-state index is 0.822. The van der Waals surface area contributed by atoms with E-state index in [2.05, 4.69) is 72.2 Å². The van der Waals surface area contributed by atoms with E-state index >= 15 is 0 Å². The number of piperazine rings is 1. The lowest BCUT2D eigenvalue weighted by molar-refractivity contribution is 0.246. The van der Waals surface area contributed by atoms with Gasteiger partial charge < -0.3 is 9.88 Å². The third-order valence-corrected chi connectivity index (χ3v) is 5.25. The number of aromatic nitrogens is 4. The topological polar surface area (TPSA) is 60.9 Å². The molecule has 2 aromatic heterocycles. The highest BCUT2D eigenvalue weighted by molar-refractivity contribution is 5.86. The van der Waals surface area contributed by atoms with Crippen molar-refractivity contribution in [3.05, 3.63) is 72.8 Å². The van der Waals surface area contributed by atoms with Gasteiger partial charge in [-0.3, -0.25) is 4.90 Å². The van der Waals surface area contributed by atoms with Crippen molar-refractivity contribution < 1.29 is 0 Å². The van der Waals surface area contributed by atoms with Gasteiger partial charge in [0.1, 0.15) is 5.82 Å². The van der Waals surface area contributed by atoms with Gasteiger partial charge in [0, 0.05) is 62.6 Å². The van der Waals surface area contributed by atoms with E-state index in [9.17, 15) is 0 Å². The van der Waals surface area contributed by atoms with Crippen molar-refractivity contribution in [1.29, 1.82) is 0 Å². The zero-order valence-electron chi connectivity index (χ0n) is 15.6. The van der Waals surface area contributed by atoms with E-state index in [1.165, 1.54) is 10.8 Å². The quantitative estimate of drug-likeness (QED) is 0.597. The number of fused-ring (bicyclic) bond motifs is 1.